The highest BCUT2D eigenvalue weighted by atomic mass is 32.2. The molecular formula is C22H35N3O5S. The monoisotopic (exact) mass is 453 g/mol. The summed E-state index contributed by atoms with van der Waals surface area (Å²) in [7, 11) is -2.59. The maximum absolute atomic E-state index is 11.5. The first-order chi connectivity index (χ1) is 14.9. The maximum atomic E-state index is 11.5. The van der Waals surface area contributed by atoms with Crippen molar-refractivity contribution >= 4 is 21.9 Å². The highest BCUT2D eigenvalue weighted by Crippen LogP contribution is 2.01. The molecule has 0 fully saturated rings. The van der Waals surface area contributed by atoms with E-state index in [0.717, 1.165) is 5.56 Å². The molecule has 0 unspecified atom stereocenters. The topological polar surface area (TPSA) is 139 Å². The summed E-state index contributed by atoms with van der Waals surface area (Å²) in [6.45, 7) is 3.58. The molecule has 0 aliphatic carbocycles. The van der Waals surface area contributed by atoms with E-state index in [1.807, 2.05) is 80.6 Å². The normalized spacial score (nSPS) is 9.32. The molecule has 8 nitrogen and oxygen atoms in total. The van der Waals surface area contributed by atoms with E-state index in [1.165, 1.54) is 7.05 Å². The van der Waals surface area contributed by atoms with Gasteiger partial charge in [-0.3, -0.25) is 14.1 Å². The summed E-state index contributed by atoms with van der Waals surface area (Å²) in [5.74, 6) is -1.32. The van der Waals surface area contributed by atoms with Crippen molar-refractivity contribution in [1.82, 2.24) is 10.6 Å². The fraction of sp³-hybridized carbons (Fsp3) is 0.364. The first-order valence-electron chi connectivity index (χ1n) is 9.97. The standard InChI is InChI=1S/C13H18N2O5S.C6H6.C2H6.CH5N/c16-12(7-6-11-4-2-1-3-5-11)15-10-13(17)14-8-9-21(18,19)20;1-2-4-6-5-3-1;2*1-2/h1-5H,6-10H2,(H,14,17)(H,15,16)(H,18,19,20);1-6H;1-2H3;2H2,1H3. The summed E-state index contributed by atoms with van der Waals surface area (Å²) in [5.41, 5.74) is 5.53. The van der Waals surface area contributed by atoms with Crippen molar-refractivity contribution in [2.45, 2.75) is 26.7 Å². The van der Waals surface area contributed by atoms with Crippen LogP contribution in [0.4, 0.5) is 0 Å². The third-order valence-electron chi connectivity index (χ3n) is 3.28. The molecule has 31 heavy (non-hydrogen) atoms. The molecule has 5 N–H and O–H groups in total. The van der Waals surface area contributed by atoms with Crippen LogP contribution in [0.2, 0.25) is 0 Å². The Morgan fingerprint density at radius 1 is 0.839 bits per heavy atom. The van der Waals surface area contributed by atoms with Gasteiger partial charge in [-0.1, -0.05) is 80.6 Å². The number of hydrogen-bond donors (Lipinski definition) is 4. The molecule has 0 aliphatic rings. The van der Waals surface area contributed by atoms with Gasteiger partial charge in [-0.05, 0) is 19.0 Å². The summed E-state index contributed by atoms with van der Waals surface area (Å²) in [6.07, 6.45) is 0.847. The van der Waals surface area contributed by atoms with Crippen molar-refractivity contribution in [3.63, 3.8) is 0 Å². The van der Waals surface area contributed by atoms with Gasteiger partial charge in [0.15, 0.2) is 0 Å². The average molecular weight is 454 g/mol. The second-order valence-corrected chi connectivity index (χ2v) is 7.13. The van der Waals surface area contributed by atoms with E-state index < -0.39 is 21.8 Å². The van der Waals surface area contributed by atoms with Crippen molar-refractivity contribution in [2.24, 2.45) is 5.73 Å². The quantitative estimate of drug-likeness (QED) is 0.451. The zero-order valence-electron chi connectivity index (χ0n) is 18.5. The zero-order valence-corrected chi connectivity index (χ0v) is 19.3. The minimum absolute atomic E-state index is 0.197. The molecule has 2 aromatic carbocycles. The van der Waals surface area contributed by atoms with Gasteiger partial charge in [-0.2, -0.15) is 8.42 Å². The number of benzene rings is 2. The SMILES string of the molecule is CC.CN.O=C(CCc1ccccc1)NCC(=O)NCCS(=O)(=O)O.c1ccccc1. The summed E-state index contributed by atoms with van der Waals surface area (Å²) in [4.78, 5) is 22.8. The lowest BCUT2D eigenvalue weighted by atomic mass is 10.1. The van der Waals surface area contributed by atoms with Crippen LogP contribution in [0.3, 0.4) is 0 Å². The Balaban J connectivity index is 0. The molecule has 2 aromatic rings. The van der Waals surface area contributed by atoms with E-state index >= 15 is 0 Å². The Hall–Kier alpha value is -2.75. The van der Waals surface area contributed by atoms with Gasteiger partial charge in [0.25, 0.3) is 10.1 Å². The van der Waals surface area contributed by atoms with Crippen molar-refractivity contribution in [3.05, 3.63) is 72.3 Å². The fourth-order valence-electron chi connectivity index (χ4n) is 1.94. The van der Waals surface area contributed by atoms with Crippen LogP contribution in [0.25, 0.3) is 0 Å². The summed E-state index contributed by atoms with van der Waals surface area (Å²) in [6, 6.07) is 21.5. The van der Waals surface area contributed by atoms with Crippen LogP contribution < -0.4 is 16.4 Å². The Morgan fingerprint density at radius 2 is 1.29 bits per heavy atom. The summed E-state index contributed by atoms with van der Waals surface area (Å²) in [5, 5.41) is 4.71. The molecule has 0 bridgehead atoms. The van der Waals surface area contributed by atoms with Crippen LogP contribution in [-0.2, 0) is 26.1 Å². The minimum Gasteiger partial charge on any atom is -0.353 e. The van der Waals surface area contributed by atoms with Crippen molar-refractivity contribution in [2.75, 3.05) is 25.9 Å². The largest absolute Gasteiger partial charge is 0.353 e. The molecule has 0 saturated heterocycles. The van der Waals surface area contributed by atoms with E-state index in [2.05, 4.69) is 16.4 Å². The number of amides is 2. The van der Waals surface area contributed by atoms with Gasteiger partial charge in [-0.25, -0.2) is 0 Å². The Morgan fingerprint density at radius 3 is 1.74 bits per heavy atom. The Bertz CT molecular complexity index is 759. The molecule has 0 aromatic heterocycles. The van der Waals surface area contributed by atoms with Gasteiger partial charge >= 0.3 is 0 Å². The molecule has 174 valence electrons. The van der Waals surface area contributed by atoms with Crippen LogP contribution in [-0.4, -0.2) is 50.7 Å². The summed E-state index contributed by atoms with van der Waals surface area (Å²) < 4.78 is 29.3. The smallest absolute Gasteiger partial charge is 0.266 e. The number of aryl methyl sites for hydroxylation is 1. The molecule has 2 amide bonds. The van der Waals surface area contributed by atoms with Gasteiger partial charge in [0.05, 0.1) is 12.3 Å². The van der Waals surface area contributed by atoms with Crippen molar-refractivity contribution < 1.29 is 22.6 Å². The molecule has 0 saturated carbocycles. The molecular weight excluding hydrogens is 418 g/mol. The fourth-order valence-corrected chi connectivity index (χ4v) is 2.30. The maximum Gasteiger partial charge on any atom is 0.266 e. The molecule has 0 radical (unpaired) electrons. The average Bonchev–Trinajstić information content (AvgIpc) is 2.80. The van der Waals surface area contributed by atoms with Gasteiger partial charge in [0.2, 0.25) is 11.8 Å². The Kier molecular flexibility index (Phi) is 20.2. The van der Waals surface area contributed by atoms with Crippen LogP contribution >= 0.6 is 0 Å². The van der Waals surface area contributed by atoms with Crippen LogP contribution in [0, 0.1) is 0 Å². The van der Waals surface area contributed by atoms with Gasteiger partial charge in [0, 0.05) is 13.0 Å². The van der Waals surface area contributed by atoms with E-state index in [9.17, 15) is 18.0 Å². The molecule has 9 heteroatoms. The lowest BCUT2D eigenvalue weighted by molar-refractivity contribution is -0.126. The predicted octanol–water partition coefficient (Wildman–Crippen LogP) is 2.03. The molecule has 0 heterocycles. The van der Waals surface area contributed by atoms with Crippen molar-refractivity contribution in [3.8, 4) is 0 Å². The highest BCUT2D eigenvalue weighted by molar-refractivity contribution is 7.85. The van der Waals surface area contributed by atoms with Gasteiger partial charge in [0.1, 0.15) is 0 Å². The van der Waals surface area contributed by atoms with Crippen molar-refractivity contribution in [1.29, 1.82) is 0 Å². The third-order valence-corrected chi connectivity index (χ3v) is 4.00. The van der Waals surface area contributed by atoms with E-state index in [1.54, 1.807) is 0 Å². The molecule has 0 aliphatic heterocycles. The number of carbonyl (C=O) groups is 2. The first kappa shape index (κ1) is 30.4. The number of rotatable bonds is 8. The number of carbonyl (C=O) groups excluding carboxylic acids is 2. The lowest BCUT2D eigenvalue weighted by Gasteiger charge is -2.06. The van der Waals surface area contributed by atoms with Gasteiger partial charge < -0.3 is 16.4 Å². The minimum atomic E-state index is -4.09. The van der Waals surface area contributed by atoms with Crippen LogP contribution in [0.1, 0.15) is 25.8 Å². The zero-order chi connectivity index (χ0) is 24.0. The number of nitrogens with two attached hydrogens (primary N) is 1. The van der Waals surface area contributed by atoms with E-state index in [4.69, 9.17) is 4.55 Å². The third kappa shape index (κ3) is 21.8. The Labute approximate surface area is 186 Å². The number of nitrogens with one attached hydrogen (secondary N) is 2. The highest BCUT2D eigenvalue weighted by Gasteiger charge is 2.08. The lowest BCUT2D eigenvalue weighted by Crippen LogP contribution is -2.38. The first-order valence-corrected chi connectivity index (χ1v) is 11.6. The number of hydrogen-bond acceptors (Lipinski definition) is 5. The van der Waals surface area contributed by atoms with E-state index in [-0.39, 0.29) is 25.4 Å². The molecule has 2 rings (SSSR count). The van der Waals surface area contributed by atoms with Crippen LogP contribution in [0.15, 0.2) is 66.7 Å². The van der Waals surface area contributed by atoms with Crippen LogP contribution in [0.5, 0.6) is 0 Å². The predicted molar refractivity (Wildman–Crippen MR) is 125 cm³/mol. The molecule has 0 spiro atoms. The second kappa shape index (κ2) is 20.5. The van der Waals surface area contributed by atoms with E-state index in [0.29, 0.717) is 6.42 Å². The molecule has 0 atom stereocenters. The van der Waals surface area contributed by atoms with Gasteiger partial charge in [-0.15, -0.1) is 0 Å². The second-order valence-electron chi connectivity index (χ2n) is 5.55. The summed E-state index contributed by atoms with van der Waals surface area (Å²) >= 11 is 0.